The predicted molar refractivity (Wildman–Crippen MR) is 71.3 cm³/mol. The maximum absolute atomic E-state index is 12.2. The molecule has 18 heavy (non-hydrogen) atoms. The van der Waals surface area contributed by atoms with E-state index in [9.17, 15) is 4.79 Å². The smallest absolute Gasteiger partial charge is 0.264 e. The molecule has 0 saturated carbocycles. The number of rotatable bonds is 2. The van der Waals surface area contributed by atoms with Crippen LogP contribution in [0.4, 0.5) is 0 Å². The molecule has 0 bridgehead atoms. The Hall–Kier alpha value is -1.17. The lowest BCUT2D eigenvalue weighted by molar-refractivity contribution is -0.0189. The fourth-order valence-electron chi connectivity index (χ4n) is 1.92. The first-order valence-corrected chi connectivity index (χ1v) is 6.74. The molecular weight excluding hydrogens is 272 g/mol. The van der Waals surface area contributed by atoms with Crippen LogP contribution < -0.4 is 0 Å². The zero-order valence-corrected chi connectivity index (χ0v) is 11.3. The van der Waals surface area contributed by atoms with Crippen molar-refractivity contribution in [2.45, 2.75) is 6.10 Å². The normalized spacial score (nSPS) is 16.0. The van der Waals surface area contributed by atoms with E-state index in [0.717, 1.165) is 10.2 Å². The van der Waals surface area contributed by atoms with Gasteiger partial charge in [-0.05, 0) is 12.1 Å². The summed E-state index contributed by atoms with van der Waals surface area (Å²) in [5, 5.41) is 0.641. The van der Waals surface area contributed by atoms with E-state index in [0.29, 0.717) is 23.0 Å². The standard InChI is InChI=1S/C12H11ClN2O2S/c1-17-7-5-15(6-7)12(16)10-4-9-11(18-10)8(13)2-3-14-9/h2-4,7H,5-6H2,1H3. The van der Waals surface area contributed by atoms with Crippen LogP contribution in [-0.4, -0.2) is 42.1 Å². The molecule has 1 saturated heterocycles. The minimum atomic E-state index is 0.0300. The summed E-state index contributed by atoms with van der Waals surface area (Å²) in [5.74, 6) is 0.0300. The first-order valence-electron chi connectivity index (χ1n) is 5.55. The van der Waals surface area contributed by atoms with Gasteiger partial charge in [0.1, 0.15) is 0 Å². The number of halogens is 1. The van der Waals surface area contributed by atoms with E-state index in [1.54, 1.807) is 30.3 Å². The number of hydrogen-bond acceptors (Lipinski definition) is 4. The van der Waals surface area contributed by atoms with Crippen LogP contribution in [0.1, 0.15) is 9.67 Å². The molecular formula is C12H11ClN2O2S. The number of likely N-dealkylation sites (tertiary alicyclic amines) is 1. The van der Waals surface area contributed by atoms with Crippen molar-refractivity contribution in [3.63, 3.8) is 0 Å². The molecule has 94 valence electrons. The molecule has 6 heteroatoms. The number of thiophene rings is 1. The van der Waals surface area contributed by atoms with Gasteiger partial charge in [0.25, 0.3) is 5.91 Å². The average molecular weight is 283 g/mol. The van der Waals surface area contributed by atoms with E-state index in [1.165, 1.54) is 11.3 Å². The number of ether oxygens (including phenoxy) is 1. The van der Waals surface area contributed by atoms with Crippen LogP contribution in [0, 0.1) is 0 Å². The van der Waals surface area contributed by atoms with Crippen molar-refractivity contribution in [2.75, 3.05) is 20.2 Å². The Morgan fingerprint density at radius 2 is 2.39 bits per heavy atom. The number of carbonyl (C=O) groups is 1. The van der Waals surface area contributed by atoms with Crippen LogP contribution in [0.15, 0.2) is 18.3 Å². The number of carbonyl (C=O) groups excluding carboxylic acids is 1. The molecule has 0 N–H and O–H groups in total. The van der Waals surface area contributed by atoms with E-state index in [2.05, 4.69) is 4.98 Å². The summed E-state index contributed by atoms with van der Waals surface area (Å²) in [6.45, 7) is 1.31. The topological polar surface area (TPSA) is 42.4 Å². The SMILES string of the molecule is COC1CN(C(=O)c2cc3nccc(Cl)c3s2)C1. The highest BCUT2D eigenvalue weighted by Gasteiger charge is 2.31. The highest BCUT2D eigenvalue weighted by molar-refractivity contribution is 7.21. The van der Waals surface area contributed by atoms with Gasteiger partial charge in [-0.1, -0.05) is 11.6 Å². The lowest BCUT2D eigenvalue weighted by Gasteiger charge is -2.37. The van der Waals surface area contributed by atoms with Gasteiger partial charge in [-0.2, -0.15) is 0 Å². The molecule has 0 atom stereocenters. The zero-order chi connectivity index (χ0) is 12.7. The van der Waals surface area contributed by atoms with Crippen molar-refractivity contribution in [3.8, 4) is 0 Å². The minimum absolute atomic E-state index is 0.0300. The molecule has 3 heterocycles. The molecule has 1 fully saturated rings. The second-order valence-electron chi connectivity index (χ2n) is 4.19. The summed E-state index contributed by atoms with van der Waals surface area (Å²) in [4.78, 5) is 18.8. The molecule has 1 amide bonds. The van der Waals surface area contributed by atoms with Gasteiger partial charge in [0, 0.05) is 26.4 Å². The van der Waals surface area contributed by atoms with Crippen molar-refractivity contribution < 1.29 is 9.53 Å². The van der Waals surface area contributed by atoms with E-state index in [4.69, 9.17) is 16.3 Å². The summed E-state index contributed by atoms with van der Waals surface area (Å²) < 4.78 is 6.02. The van der Waals surface area contributed by atoms with Crippen LogP contribution in [0.2, 0.25) is 5.02 Å². The van der Waals surface area contributed by atoms with Crippen molar-refractivity contribution in [2.24, 2.45) is 0 Å². The third-order valence-corrected chi connectivity index (χ3v) is 4.62. The maximum Gasteiger partial charge on any atom is 0.264 e. The van der Waals surface area contributed by atoms with Crippen molar-refractivity contribution in [1.29, 1.82) is 0 Å². The number of hydrogen-bond donors (Lipinski definition) is 0. The van der Waals surface area contributed by atoms with Gasteiger partial charge in [-0.3, -0.25) is 9.78 Å². The Labute approximate surface area is 113 Å². The summed E-state index contributed by atoms with van der Waals surface area (Å²) in [6.07, 6.45) is 1.82. The quantitative estimate of drug-likeness (QED) is 0.849. The minimum Gasteiger partial charge on any atom is -0.378 e. The van der Waals surface area contributed by atoms with Gasteiger partial charge >= 0.3 is 0 Å². The Morgan fingerprint density at radius 1 is 1.61 bits per heavy atom. The molecule has 0 unspecified atom stereocenters. The van der Waals surface area contributed by atoms with Gasteiger partial charge in [0.15, 0.2) is 0 Å². The number of pyridine rings is 1. The van der Waals surface area contributed by atoms with Crippen LogP contribution in [0.3, 0.4) is 0 Å². The van der Waals surface area contributed by atoms with E-state index >= 15 is 0 Å². The van der Waals surface area contributed by atoms with E-state index in [-0.39, 0.29) is 12.0 Å². The fourth-order valence-corrected chi connectivity index (χ4v) is 3.18. The number of nitrogens with zero attached hydrogens (tertiary/aromatic N) is 2. The van der Waals surface area contributed by atoms with Crippen LogP contribution in [0.25, 0.3) is 10.2 Å². The summed E-state index contributed by atoms with van der Waals surface area (Å²) in [5.41, 5.74) is 0.777. The second-order valence-corrected chi connectivity index (χ2v) is 5.65. The van der Waals surface area contributed by atoms with Crippen molar-refractivity contribution in [1.82, 2.24) is 9.88 Å². The predicted octanol–water partition coefficient (Wildman–Crippen LogP) is 2.42. The number of methoxy groups -OCH3 is 1. The van der Waals surface area contributed by atoms with Crippen LogP contribution in [-0.2, 0) is 4.74 Å². The molecule has 0 aromatic carbocycles. The maximum atomic E-state index is 12.2. The van der Waals surface area contributed by atoms with Gasteiger partial charge in [0.2, 0.25) is 0 Å². The average Bonchev–Trinajstić information content (AvgIpc) is 2.73. The first kappa shape index (κ1) is 11.9. The number of fused-ring (bicyclic) bond motifs is 1. The van der Waals surface area contributed by atoms with Crippen LogP contribution in [0.5, 0.6) is 0 Å². The molecule has 3 rings (SSSR count). The lowest BCUT2D eigenvalue weighted by atomic mass is 10.1. The number of aromatic nitrogens is 1. The Kier molecular flexibility index (Phi) is 2.97. The third-order valence-electron chi connectivity index (χ3n) is 3.04. The van der Waals surface area contributed by atoms with Gasteiger partial charge in [0.05, 0.1) is 26.2 Å². The Morgan fingerprint density at radius 3 is 3.06 bits per heavy atom. The summed E-state index contributed by atoms with van der Waals surface area (Å²) >= 11 is 7.47. The highest BCUT2D eigenvalue weighted by atomic mass is 35.5. The second kappa shape index (κ2) is 4.50. The Bertz CT molecular complexity index is 607. The molecule has 2 aromatic heterocycles. The Balaban J connectivity index is 1.87. The molecule has 1 aliphatic heterocycles. The van der Waals surface area contributed by atoms with Gasteiger partial charge < -0.3 is 9.64 Å². The molecule has 0 aliphatic carbocycles. The fraction of sp³-hybridized carbons (Fsp3) is 0.333. The third kappa shape index (κ3) is 1.88. The van der Waals surface area contributed by atoms with E-state index < -0.39 is 0 Å². The van der Waals surface area contributed by atoms with Crippen molar-refractivity contribution >= 4 is 39.1 Å². The van der Waals surface area contributed by atoms with Gasteiger partial charge in [-0.25, -0.2) is 0 Å². The molecule has 2 aromatic rings. The largest absolute Gasteiger partial charge is 0.378 e. The molecule has 1 aliphatic rings. The number of amides is 1. The van der Waals surface area contributed by atoms with Crippen LogP contribution >= 0.6 is 22.9 Å². The van der Waals surface area contributed by atoms with Gasteiger partial charge in [-0.15, -0.1) is 11.3 Å². The molecule has 0 spiro atoms. The summed E-state index contributed by atoms with van der Waals surface area (Å²) in [7, 11) is 1.66. The first-order chi connectivity index (χ1) is 8.69. The lowest BCUT2D eigenvalue weighted by Crippen LogP contribution is -2.54. The van der Waals surface area contributed by atoms with Crippen molar-refractivity contribution in [3.05, 3.63) is 28.2 Å². The summed E-state index contributed by atoms with van der Waals surface area (Å²) in [6, 6.07) is 3.54. The zero-order valence-electron chi connectivity index (χ0n) is 9.72. The monoisotopic (exact) mass is 282 g/mol. The molecule has 4 nitrogen and oxygen atoms in total. The highest BCUT2D eigenvalue weighted by Crippen LogP contribution is 2.31. The molecule has 0 radical (unpaired) electrons. The van der Waals surface area contributed by atoms with E-state index in [1.807, 2.05) is 0 Å².